The van der Waals surface area contributed by atoms with Crippen LogP contribution in [0.2, 0.25) is 0 Å². The van der Waals surface area contributed by atoms with Crippen molar-refractivity contribution in [3.05, 3.63) is 0 Å². The molecule has 0 heterocycles. The Balaban J connectivity index is 0. The minimum absolute atomic E-state index is 1.24. The van der Waals surface area contributed by atoms with E-state index in [9.17, 15) is 0 Å². The first-order chi connectivity index (χ1) is 12.1. The van der Waals surface area contributed by atoms with Crippen molar-refractivity contribution in [2.24, 2.45) is 0 Å². The van der Waals surface area contributed by atoms with Gasteiger partial charge in [0.05, 0.1) is 0 Å². The van der Waals surface area contributed by atoms with Crippen LogP contribution in [-0.4, -0.2) is 13.1 Å². The normalized spacial score (nSPS) is 10.4. The molecule has 0 saturated heterocycles. The molecule has 0 fully saturated rings. The molecule has 0 aliphatic carbocycles. The minimum atomic E-state index is -1.92. The van der Waals surface area contributed by atoms with Crippen molar-refractivity contribution in [1.82, 2.24) is 5.32 Å². The Morgan fingerprint density at radius 2 is 0.720 bits per heavy atom. The van der Waals surface area contributed by atoms with E-state index < -0.39 is 14.7 Å². The molecular weight excluding hydrogens is 408 g/mol. The summed E-state index contributed by atoms with van der Waals surface area (Å²) in [5.74, 6) is 0. The maximum absolute atomic E-state index is 4.97. The topological polar surface area (TPSA) is 12.0 Å². The Hall–Kier alpha value is 1.54. The summed E-state index contributed by atoms with van der Waals surface area (Å²) in [7, 11) is 14.9. The molecule has 0 aliphatic rings. The quantitative estimate of drug-likeness (QED) is 0.162. The summed E-state index contributed by atoms with van der Waals surface area (Å²) in [5, 5.41) is 3.61. The maximum atomic E-state index is 4.97. The summed E-state index contributed by atoms with van der Waals surface area (Å²) in [5.41, 5.74) is 0. The van der Waals surface area contributed by atoms with Crippen molar-refractivity contribution in [2.75, 3.05) is 13.1 Å². The summed E-state index contributed by atoms with van der Waals surface area (Å²) < 4.78 is 0. The second-order valence-corrected chi connectivity index (χ2v) is 14.7. The molecule has 153 valence electrons. The van der Waals surface area contributed by atoms with E-state index in [1.807, 2.05) is 0 Å². The van der Waals surface area contributed by atoms with Crippen LogP contribution in [0.1, 0.15) is 117 Å². The first-order valence-corrected chi connectivity index (χ1v) is 17.1. The van der Waals surface area contributed by atoms with Crippen LogP contribution >= 0.6 is 27.9 Å². The van der Waals surface area contributed by atoms with Crippen molar-refractivity contribution in [1.29, 1.82) is 0 Å². The van der Waals surface area contributed by atoms with Crippen LogP contribution < -0.4 is 5.32 Å². The van der Waals surface area contributed by atoms with Crippen molar-refractivity contribution in [3.8, 4) is 0 Å². The van der Waals surface area contributed by atoms with E-state index >= 15 is 0 Å². The predicted octanol–water partition coefficient (Wildman–Crippen LogP) is 8.92. The molecule has 0 bridgehead atoms. The molecule has 0 aliphatic heterocycles. The van der Waals surface area contributed by atoms with Gasteiger partial charge >= 0.3 is 42.6 Å². The van der Waals surface area contributed by atoms with Gasteiger partial charge in [0.2, 0.25) is 0 Å². The Bertz CT molecular complexity index is 198. The van der Waals surface area contributed by atoms with Gasteiger partial charge in [0, 0.05) is 0 Å². The van der Waals surface area contributed by atoms with Crippen molar-refractivity contribution in [2.45, 2.75) is 117 Å². The number of rotatable bonds is 18. The Labute approximate surface area is 176 Å². The molecule has 1 N–H and O–H groups in total. The van der Waals surface area contributed by atoms with Gasteiger partial charge in [-0.25, -0.2) is 0 Å². The van der Waals surface area contributed by atoms with Crippen LogP contribution in [0.25, 0.3) is 0 Å². The molecule has 1 nitrogen and oxygen atoms in total. The molecule has 0 saturated carbocycles. The molecule has 0 rings (SSSR count). The van der Waals surface area contributed by atoms with Gasteiger partial charge in [-0.3, -0.25) is 0 Å². The van der Waals surface area contributed by atoms with Crippen LogP contribution in [0.15, 0.2) is 0 Å². The monoisotopic (exact) mass is 450 g/mol. The van der Waals surface area contributed by atoms with E-state index in [0.29, 0.717) is 0 Å². The van der Waals surface area contributed by atoms with Crippen LogP contribution in [0.4, 0.5) is 0 Å². The average Bonchev–Trinajstić information content (AvgIpc) is 2.57. The molecule has 0 unspecified atom stereocenters. The Morgan fingerprint density at radius 1 is 0.480 bits per heavy atom. The molecule has 0 aromatic carbocycles. The molecule has 0 spiro atoms. The van der Waals surface area contributed by atoms with Gasteiger partial charge < -0.3 is 5.32 Å². The average molecular weight is 452 g/mol. The molecule has 0 radical (unpaired) electrons. The van der Waals surface area contributed by atoms with Crippen LogP contribution in [0.3, 0.4) is 0 Å². The van der Waals surface area contributed by atoms with E-state index in [-0.39, 0.29) is 0 Å². The number of unbranched alkanes of at least 4 members (excludes halogenated alkanes) is 14. The summed E-state index contributed by atoms with van der Waals surface area (Å²) in [6, 6.07) is 0. The van der Waals surface area contributed by atoms with Gasteiger partial charge in [0.1, 0.15) is 0 Å². The zero-order chi connectivity index (χ0) is 19.0. The SMILES string of the molecule is CCCCCCCCCCNCCCCCCCCCC.[Cl][Ti]([Cl])[Cl]. The fourth-order valence-corrected chi connectivity index (χ4v) is 2.89. The van der Waals surface area contributed by atoms with E-state index in [4.69, 9.17) is 27.9 Å². The molecule has 0 amide bonds. The third kappa shape index (κ3) is 37.1. The van der Waals surface area contributed by atoms with Crippen LogP contribution in [0, 0.1) is 0 Å². The van der Waals surface area contributed by atoms with E-state index in [1.54, 1.807) is 0 Å². The van der Waals surface area contributed by atoms with E-state index in [2.05, 4.69) is 19.2 Å². The van der Waals surface area contributed by atoms with Gasteiger partial charge in [-0.15, -0.1) is 0 Å². The molecular formula is C20H43Cl3NTi. The first kappa shape index (κ1) is 28.8. The summed E-state index contributed by atoms with van der Waals surface area (Å²) in [6.45, 7) is 7.06. The standard InChI is InChI=1S/C20H43N.3ClH.Ti/c1-3-5-7-9-11-13-15-17-19-21-20-18-16-14-12-10-8-6-4-2;;;;/h21H,3-20H2,1-2H3;3*1H;/q;;;;+3/p-3. The third-order valence-electron chi connectivity index (χ3n) is 4.41. The third-order valence-corrected chi connectivity index (χ3v) is 4.41. The van der Waals surface area contributed by atoms with E-state index in [0.717, 1.165) is 0 Å². The second kappa shape index (κ2) is 27.8. The summed E-state index contributed by atoms with van der Waals surface area (Å²) >= 11 is -1.92. The zero-order valence-electron chi connectivity index (χ0n) is 16.9. The van der Waals surface area contributed by atoms with Gasteiger partial charge in [0.15, 0.2) is 0 Å². The van der Waals surface area contributed by atoms with Crippen molar-refractivity contribution >= 4 is 27.9 Å². The van der Waals surface area contributed by atoms with Crippen molar-refractivity contribution < 1.29 is 14.7 Å². The summed E-state index contributed by atoms with van der Waals surface area (Å²) in [4.78, 5) is 0. The fraction of sp³-hybridized carbons (Fsp3) is 1.00. The Kier molecular flexibility index (Phi) is 31.9. The number of halogens is 3. The molecule has 0 aromatic heterocycles. The zero-order valence-corrected chi connectivity index (χ0v) is 20.7. The first-order valence-electron chi connectivity index (χ1n) is 10.7. The van der Waals surface area contributed by atoms with Crippen LogP contribution in [-0.2, 0) is 14.7 Å². The van der Waals surface area contributed by atoms with Crippen LogP contribution in [0.5, 0.6) is 0 Å². The van der Waals surface area contributed by atoms with E-state index in [1.165, 1.54) is 116 Å². The number of hydrogen-bond acceptors (Lipinski definition) is 1. The number of nitrogens with one attached hydrogen (secondary N) is 1. The molecule has 5 heteroatoms. The van der Waals surface area contributed by atoms with Crippen molar-refractivity contribution in [3.63, 3.8) is 0 Å². The molecule has 0 aromatic rings. The van der Waals surface area contributed by atoms with Gasteiger partial charge in [-0.05, 0) is 25.9 Å². The second-order valence-electron chi connectivity index (χ2n) is 6.91. The summed E-state index contributed by atoms with van der Waals surface area (Å²) in [6.07, 6.45) is 22.8. The van der Waals surface area contributed by atoms with Gasteiger partial charge in [-0.2, -0.15) is 0 Å². The molecule has 25 heavy (non-hydrogen) atoms. The predicted molar refractivity (Wildman–Crippen MR) is 116 cm³/mol. The fourth-order valence-electron chi connectivity index (χ4n) is 2.89. The number of hydrogen-bond donors (Lipinski definition) is 1. The Morgan fingerprint density at radius 3 is 1.00 bits per heavy atom. The van der Waals surface area contributed by atoms with Gasteiger partial charge in [0.25, 0.3) is 0 Å². The molecule has 0 atom stereocenters. The van der Waals surface area contributed by atoms with Gasteiger partial charge in [-0.1, -0.05) is 104 Å².